The average Bonchev–Trinajstić information content (AvgIpc) is 3.40. The van der Waals surface area contributed by atoms with E-state index in [1.165, 1.54) is 31.2 Å². The molecule has 3 rings (SSSR count). The summed E-state index contributed by atoms with van der Waals surface area (Å²) >= 11 is 0. The zero-order valence-corrected chi connectivity index (χ0v) is 16.0. The molecular weight excluding hydrogens is 409 g/mol. The van der Waals surface area contributed by atoms with Gasteiger partial charge in [-0.2, -0.15) is 13.2 Å². The summed E-state index contributed by atoms with van der Waals surface area (Å²) in [5, 5.41) is 13.3. The minimum absolute atomic E-state index is 0.0250. The van der Waals surface area contributed by atoms with E-state index in [4.69, 9.17) is 0 Å². The monoisotopic (exact) mass is 429 g/mol. The summed E-state index contributed by atoms with van der Waals surface area (Å²) in [6.45, 7) is -0.237. The molecule has 0 aromatic heterocycles. The highest BCUT2D eigenvalue weighted by atomic mass is 19.4. The lowest BCUT2D eigenvalue weighted by atomic mass is 9.91. The number of hydrogen-bond donors (Lipinski definition) is 2. The van der Waals surface area contributed by atoms with Gasteiger partial charge in [0, 0.05) is 5.56 Å². The van der Waals surface area contributed by atoms with Crippen LogP contribution in [0.5, 0.6) is 5.75 Å². The Labute approximate surface area is 169 Å². The molecule has 1 amide bonds. The Morgan fingerprint density at radius 2 is 1.77 bits per heavy atom. The molecule has 1 aliphatic rings. The molecule has 1 atom stereocenters. The fourth-order valence-corrected chi connectivity index (χ4v) is 3.27. The lowest BCUT2D eigenvalue weighted by Gasteiger charge is -2.26. The maximum Gasteiger partial charge on any atom is 0.422 e. The third-order valence-electron chi connectivity index (χ3n) is 4.97. The fourth-order valence-electron chi connectivity index (χ4n) is 3.27. The number of carbonyl (C=O) groups excluding carboxylic acids is 1. The minimum atomic E-state index is -4.61. The minimum Gasteiger partial charge on any atom is -0.481 e. The molecule has 0 spiro atoms. The number of hydrogen-bond acceptors (Lipinski definition) is 3. The van der Waals surface area contributed by atoms with Gasteiger partial charge in [-0.1, -0.05) is 24.3 Å². The van der Waals surface area contributed by atoms with E-state index in [1.807, 2.05) is 0 Å². The zero-order chi connectivity index (χ0) is 22.2. The van der Waals surface area contributed by atoms with Crippen LogP contribution in [-0.2, 0) is 15.9 Å². The lowest BCUT2D eigenvalue weighted by molar-refractivity contribution is -0.153. The summed E-state index contributed by atoms with van der Waals surface area (Å²) < 4.78 is 69.4. The Balaban J connectivity index is 1.72. The molecule has 9 heteroatoms. The van der Waals surface area contributed by atoms with Crippen molar-refractivity contribution in [2.45, 2.75) is 43.5 Å². The second kappa shape index (κ2) is 7.86. The zero-order valence-electron chi connectivity index (χ0n) is 16.0. The van der Waals surface area contributed by atoms with Gasteiger partial charge >= 0.3 is 6.18 Å². The molecule has 4 nitrogen and oxygen atoms in total. The maximum atomic E-state index is 14.7. The van der Waals surface area contributed by atoms with Crippen LogP contribution in [0, 0.1) is 11.6 Å². The fraction of sp³-hybridized carbons (Fsp3) is 0.381. The number of benzene rings is 2. The number of ether oxygens (including phenoxy) is 1. The van der Waals surface area contributed by atoms with E-state index >= 15 is 0 Å². The van der Waals surface area contributed by atoms with E-state index in [1.54, 1.807) is 0 Å². The molecule has 2 N–H and O–H groups in total. The summed E-state index contributed by atoms with van der Waals surface area (Å²) in [4.78, 5) is 12.5. The van der Waals surface area contributed by atoms with Crippen LogP contribution >= 0.6 is 0 Å². The average molecular weight is 429 g/mol. The molecule has 162 valence electrons. The van der Waals surface area contributed by atoms with Crippen molar-refractivity contribution in [3.63, 3.8) is 0 Å². The van der Waals surface area contributed by atoms with Crippen molar-refractivity contribution in [3.05, 3.63) is 65.2 Å². The van der Waals surface area contributed by atoms with Crippen LogP contribution in [0.25, 0.3) is 0 Å². The second-order valence-corrected chi connectivity index (χ2v) is 7.61. The van der Waals surface area contributed by atoms with E-state index in [0.717, 1.165) is 18.2 Å². The summed E-state index contributed by atoms with van der Waals surface area (Å²) in [7, 11) is 0. The van der Waals surface area contributed by atoms with Gasteiger partial charge < -0.3 is 15.2 Å². The molecule has 1 saturated carbocycles. The SMILES string of the molecule is C[C@@](O)(CC(=O)NC1(c2cccc(OCC(F)(F)F)c2F)CC1)c1ccc(F)cc1. The van der Waals surface area contributed by atoms with E-state index in [0.29, 0.717) is 18.4 Å². The molecule has 30 heavy (non-hydrogen) atoms. The van der Waals surface area contributed by atoms with E-state index in [9.17, 15) is 31.9 Å². The predicted octanol–water partition coefficient (Wildman–Crippen LogP) is 4.31. The van der Waals surface area contributed by atoms with Crippen LogP contribution in [0.15, 0.2) is 42.5 Å². The third kappa shape index (κ3) is 5.08. The standard InChI is InChI=1S/C21H20F5NO3/c1-19(29,13-5-7-14(22)8-6-13)11-17(28)27-20(9-10-20)15-3-2-4-16(18(15)23)30-12-21(24,25)26/h2-8,29H,9-12H2,1H3,(H,27,28)/t19-/m1/s1. The molecule has 0 unspecified atom stereocenters. The van der Waals surface area contributed by atoms with Gasteiger partial charge in [0.25, 0.3) is 0 Å². The molecule has 0 radical (unpaired) electrons. The molecule has 0 heterocycles. The second-order valence-electron chi connectivity index (χ2n) is 7.61. The largest absolute Gasteiger partial charge is 0.481 e. The first-order chi connectivity index (χ1) is 13.9. The topological polar surface area (TPSA) is 58.6 Å². The number of carbonyl (C=O) groups is 1. The van der Waals surface area contributed by atoms with Gasteiger partial charge in [0.05, 0.1) is 17.6 Å². The van der Waals surface area contributed by atoms with E-state index in [-0.39, 0.29) is 12.0 Å². The van der Waals surface area contributed by atoms with Crippen molar-refractivity contribution < 1.29 is 36.6 Å². The van der Waals surface area contributed by atoms with Gasteiger partial charge in [0.2, 0.25) is 5.91 Å². The Kier molecular flexibility index (Phi) is 5.77. The first-order valence-electron chi connectivity index (χ1n) is 9.20. The summed E-state index contributed by atoms with van der Waals surface area (Å²) in [6.07, 6.45) is -4.21. The van der Waals surface area contributed by atoms with Crippen LogP contribution in [0.2, 0.25) is 0 Å². The van der Waals surface area contributed by atoms with Gasteiger partial charge in [-0.3, -0.25) is 4.79 Å². The summed E-state index contributed by atoms with van der Waals surface area (Å²) in [5.74, 6) is -2.59. The highest BCUT2D eigenvalue weighted by Gasteiger charge is 2.48. The number of aliphatic hydroxyl groups is 1. The molecule has 0 bridgehead atoms. The van der Waals surface area contributed by atoms with Crippen LogP contribution in [0.1, 0.15) is 37.3 Å². The van der Waals surface area contributed by atoms with Crippen molar-refractivity contribution in [2.24, 2.45) is 0 Å². The van der Waals surface area contributed by atoms with Gasteiger partial charge in [-0.25, -0.2) is 8.78 Å². The smallest absolute Gasteiger partial charge is 0.422 e. The van der Waals surface area contributed by atoms with E-state index < -0.39 is 47.2 Å². The first-order valence-corrected chi connectivity index (χ1v) is 9.20. The lowest BCUT2D eigenvalue weighted by Crippen LogP contribution is -2.39. The van der Waals surface area contributed by atoms with Crippen molar-refractivity contribution >= 4 is 5.91 Å². The summed E-state index contributed by atoms with van der Waals surface area (Å²) in [6, 6.07) is 8.85. The quantitative estimate of drug-likeness (QED) is 0.645. The molecule has 1 aliphatic carbocycles. The number of halogens is 5. The molecule has 2 aromatic rings. The molecular formula is C21H20F5NO3. The molecule has 2 aromatic carbocycles. The van der Waals surface area contributed by atoms with Crippen molar-refractivity contribution in [1.29, 1.82) is 0 Å². The number of amides is 1. The Morgan fingerprint density at radius 1 is 1.13 bits per heavy atom. The number of nitrogens with one attached hydrogen (secondary N) is 1. The maximum absolute atomic E-state index is 14.7. The van der Waals surface area contributed by atoms with Gasteiger partial charge in [-0.05, 0) is 43.5 Å². The molecule has 0 aliphatic heterocycles. The van der Waals surface area contributed by atoms with Crippen LogP contribution in [0.3, 0.4) is 0 Å². The highest BCUT2D eigenvalue weighted by molar-refractivity contribution is 5.79. The Bertz CT molecular complexity index is 921. The Morgan fingerprint density at radius 3 is 2.33 bits per heavy atom. The summed E-state index contributed by atoms with van der Waals surface area (Å²) in [5.41, 5.74) is -2.31. The van der Waals surface area contributed by atoms with Crippen molar-refractivity contribution in [2.75, 3.05) is 6.61 Å². The number of alkyl halides is 3. The normalized spacial score (nSPS) is 17.2. The van der Waals surface area contributed by atoms with Gasteiger partial charge in [0.1, 0.15) is 5.82 Å². The van der Waals surface area contributed by atoms with Gasteiger partial charge in [0.15, 0.2) is 18.2 Å². The van der Waals surface area contributed by atoms with Crippen LogP contribution < -0.4 is 10.1 Å². The van der Waals surface area contributed by atoms with Gasteiger partial charge in [-0.15, -0.1) is 0 Å². The van der Waals surface area contributed by atoms with Crippen LogP contribution in [-0.4, -0.2) is 23.8 Å². The van der Waals surface area contributed by atoms with Crippen molar-refractivity contribution in [3.8, 4) is 5.75 Å². The van der Waals surface area contributed by atoms with E-state index in [2.05, 4.69) is 10.1 Å². The van der Waals surface area contributed by atoms with Crippen molar-refractivity contribution in [1.82, 2.24) is 5.32 Å². The number of rotatable bonds is 7. The third-order valence-corrected chi connectivity index (χ3v) is 4.97. The van der Waals surface area contributed by atoms with Crippen LogP contribution in [0.4, 0.5) is 22.0 Å². The molecule has 1 fully saturated rings. The first kappa shape index (κ1) is 22.0. The Hall–Kier alpha value is -2.68. The molecule has 0 saturated heterocycles. The highest BCUT2D eigenvalue weighted by Crippen LogP contribution is 2.48. The predicted molar refractivity (Wildman–Crippen MR) is 97.6 cm³/mol.